The van der Waals surface area contributed by atoms with Crippen LogP contribution in [0.2, 0.25) is 0 Å². The molecule has 0 radical (unpaired) electrons. The minimum Gasteiger partial charge on any atom is -0.385 e. The number of methoxy groups -OCH3 is 1. The fraction of sp³-hybridized carbons (Fsp3) is 0.833. The van der Waals surface area contributed by atoms with Gasteiger partial charge in [-0.25, -0.2) is 9.78 Å². The molecule has 0 aromatic heterocycles. The Morgan fingerprint density at radius 3 is 1.78 bits per heavy atom. The lowest BCUT2D eigenvalue weighted by Crippen LogP contribution is -2.39. The first-order valence-corrected chi connectivity index (χ1v) is 19.4. The minimum absolute atomic E-state index is 0.0447. The summed E-state index contributed by atoms with van der Waals surface area (Å²) in [5.74, 6) is -0.719. The van der Waals surface area contributed by atoms with Gasteiger partial charge in [0.2, 0.25) is 35.9 Å². The fourth-order valence-corrected chi connectivity index (χ4v) is 4.74. The summed E-state index contributed by atoms with van der Waals surface area (Å²) >= 11 is 0. The molecule has 8 N–H and O–H groups in total. The average molecular weight is 795 g/mol. The van der Waals surface area contributed by atoms with E-state index in [4.69, 9.17) is 24.7 Å². The number of amides is 6. The molecule has 19 nitrogen and oxygen atoms in total. The number of carbonyl (C=O) groups excluding carboxylic acids is 6. The highest BCUT2D eigenvalue weighted by Crippen LogP contribution is 2.07. The van der Waals surface area contributed by atoms with Crippen molar-refractivity contribution in [3.63, 3.8) is 0 Å². The molecule has 322 valence electrons. The molecule has 19 heteroatoms. The molecule has 0 aliphatic rings. The summed E-state index contributed by atoms with van der Waals surface area (Å²) in [5, 5.41) is 32.7. The number of unbranched alkanes of at least 4 members (excludes halogenated alkanes) is 5. The van der Waals surface area contributed by atoms with Crippen molar-refractivity contribution in [3.8, 4) is 0 Å². The molecule has 0 aromatic rings. The molecule has 1 atom stereocenters. The molecule has 0 bridgehead atoms. The van der Waals surface area contributed by atoms with E-state index in [0.717, 1.165) is 32.3 Å². The van der Waals surface area contributed by atoms with Crippen molar-refractivity contribution in [2.24, 2.45) is 0 Å². The lowest BCUT2D eigenvalue weighted by molar-refractivity contribution is -0.242. The minimum atomic E-state index is -0.324. The molecule has 0 aliphatic heterocycles. The summed E-state index contributed by atoms with van der Waals surface area (Å²) < 4.78 is 15.3. The first-order chi connectivity index (χ1) is 26.7. The van der Waals surface area contributed by atoms with E-state index >= 15 is 0 Å². The Labute approximate surface area is 326 Å². The summed E-state index contributed by atoms with van der Waals surface area (Å²) in [7, 11) is 1.68. The normalized spacial score (nSPS) is 11.1. The van der Waals surface area contributed by atoms with Crippen molar-refractivity contribution in [2.75, 3.05) is 86.1 Å². The molecular formula is C36H70N6O13. The van der Waals surface area contributed by atoms with E-state index in [1.54, 1.807) is 7.11 Å². The van der Waals surface area contributed by atoms with Gasteiger partial charge in [0.1, 0.15) is 6.61 Å². The van der Waals surface area contributed by atoms with Gasteiger partial charge in [-0.3, -0.25) is 39.3 Å². The number of ether oxygens (including phenoxy) is 3. The van der Waals surface area contributed by atoms with Gasteiger partial charge in [0, 0.05) is 84.8 Å². The van der Waals surface area contributed by atoms with Crippen LogP contribution in [0.3, 0.4) is 0 Å². The van der Waals surface area contributed by atoms with E-state index in [0.29, 0.717) is 110 Å². The summed E-state index contributed by atoms with van der Waals surface area (Å²) in [6.45, 7) is 6.59. The Morgan fingerprint density at radius 2 is 1.13 bits per heavy atom. The lowest BCUT2D eigenvalue weighted by atomic mass is 10.0. The van der Waals surface area contributed by atoms with Gasteiger partial charge >= 0.3 is 0 Å². The second kappa shape index (κ2) is 43.3. The van der Waals surface area contributed by atoms with Crippen LogP contribution in [-0.4, -0.2) is 139 Å². The predicted octanol–water partition coefficient (Wildman–Crippen LogP) is 1.20. The quantitative estimate of drug-likeness (QED) is 0.0189. The molecule has 0 aliphatic carbocycles. The molecule has 0 fully saturated rings. The van der Waals surface area contributed by atoms with Crippen LogP contribution in [0, 0.1) is 0 Å². The van der Waals surface area contributed by atoms with Gasteiger partial charge < -0.3 is 46.1 Å². The fourth-order valence-electron chi connectivity index (χ4n) is 4.74. The number of hydrogen-bond donors (Lipinski definition) is 8. The molecule has 0 heterocycles. The molecule has 6 amide bonds. The smallest absolute Gasteiger partial charge is 0.245 e. The SMILES string of the molecule is CCOCCNC(=O)CCCOO.COCCCCCCNC(=O)CC(CCCCNC(=O)COCCNC(=O)CCCCOO)NC(=O)CCCNC=O. The molecule has 0 aromatic carbocycles. The Kier molecular flexibility index (Phi) is 42.2. The third kappa shape index (κ3) is 43.1. The summed E-state index contributed by atoms with van der Waals surface area (Å²) in [5.41, 5.74) is 0. The second-order valence-electron chi connectivity index (χ2n) is 12.4. The monoisotopic (exact) mass is 795 g/mol. The van der Waals surface area contributed by atoms with Crippen molar-refractivity contribution in [1.82, 2.24) is 31.9 Å². The van der Waals surface area contributed by atoms with Crippen LogP contribution in [0.1, 0.15) is 103 Å². The average Bonchev–Trinajstić information content (AvgIpc) is 3.16. The van der Waals surface area contributed by atoms with Gasteiger partial charge in [-0.2, -0.15) is 0 Å². The first kappa shape index (κ1) is 53.6. The maximum atomic E-state index is 12.5. The zero-order valence-electron chi connectivity index (χ0n) is 33.1. The maximum absolute atomic E-state index is 12.5. The van der Waals surface area contributed by atoms with Crippen molar-refractivity contribution in [3.05, 3.63) is 0 Å². The van der Waals surface area contributed by atoms with Gasteiger partial charge in [0.25, 0.3) is 0 Å². The number of carbonyl (C=O) groups is 6. The highest BCUT2D eigenvalue weighted by molar-refractivity contribution is 5.80. The van der Waals surface area contributed by atoms with Gasteiger partial charge in [-0.05, 0) is 64.7 Å². The second-order valence-corrected chi connectivity index (χ2v) is 12.4. The van der Waals surface area contributed by atoms with Crippen molar-refractivity contribution >= 4 is 35.9 Å². The molecule has 0 saturated carbocycles. The van der Waals surface area contributed by atoms with Crippen molar-refractivity contribution in [2.45, 2.75) is 109 Å². The van der Waals surface area contributed by atoms with E-state index in [1.807, 2.05) is 6.92 Å². The van der Waals surface area contributed by atoms with Gasteiger partial charge in [0.05, 0.1) is 26.4 Å². The van der Waals surface area contributed by atoms with Crippen LogP contribution >= 0.6 is 0 Å². The Balaban J connectivity index is 0. The van der Waals surface area contributed by atoms with Crippen molar-refractivity contribution in [1.29, 1.82) is 0 Å². The predicted molar refractivity (Wildman–Crippen MR) is 204 cm³/mol. The third-order valence-corrected chi connectivity index (χ3v) is 7.61. The van der Waals surface area contributed by atoms with E-state index in [2.05, 4.69) is 41.7 Å². The van der Waals surface area contributed by atoms with Crippen LogP contribution in [0.4, 0.5) is 0 Å². The molecule has 0 spiro atoms. The maximum Gasteiger partial charge on any atom is 0.245 e. The topological polar surface area (TPSA) is 261 Å². The largest absolute Gasteiger partial charge is 0.385 e. The van der Waals surface area contributed by atoms with E-state index < -0.39 is 0 Å². The Hall–Kier alpha value is -3.46. The van der Waals surface area contributed by atoms with Crippen LogP contribution in [0.15, 0.2) is 0 Å². The standard InChI is InChI=1S/C28H53N5O9.C8H17NO4/c1-40-18-8-3-2-6-15-30-27(37)21-24(33-26(36)13-10-14-29-23-34)11-4-7-16-31-28(38)22-41-20-17-32-25(35)12-5-9-19-42-39;1-2-12-7-5-9-8(10)4-3-6-13-11/h23-24,39H,2-22H2,1H3,(H,29,34)(H,30,37)(H,31,38)(H,32,35)(H,33,36);11H,2-7H2,1H3,(H,9,10). The van der Waals surface area contributed by atoms with Crippen molar-refractivity contribution < 1.29 is 63.3 Å². The highest BCUT2D eigenvalue weighted by Gasteiger charge is 2.16. The van der Waals surface area contributed by atoms with E-state index in [9.17, 15) is 28.8 Å². The third-order valence-electron chi connectivity index (χ3n) is 7.61. The van der Waals surface area contributed by atoms with Crippen LogP contribution in [0.5, 0.6) is 0 Å². The van der Waals surface area contributed by atoms with Gasteiger partial charge in [-0.15, -0.1) is 0 Å². The summed E-state index contributed by atoms with van der Waals surface area (Å²) in [6, 6.07) is -0.324. The zero-order chi connectivity index (χ0) is 41.0. The number of nitrogens with one attached hydrogen (secondary N) is 6. The number of rotatable bonds is 38. The molecule has 0 saturated heterocycles. The van der Waals surface area contributed by atoms with Crippen LogP contribution in [-0.2, 0) is 52.8 Å². The molecular weight excluding hydrogens is 724 g/mol. The Morgan fingerprint density at radius 1 is 0.564 bits per heavy atom. The number of hydrogen-bond acceptors (Lipinski definition) is 13. The summed E-state index contributed by atoms with van der Waals surface area (Å²) in [4.78, 5) is 77.5. The van der Waals surface area contributed by atoms with E-state index in [1.165, 1.54) is 0 Å². The first-order valence-electron chi connectivity index (χ1n) is 19.4. The summed E-state index contributed by atoms with van der Waals surface area (Å²) in [6.07, 6.45) is 9.83. The molecule has 55 heavy (non-hydrogen) atoms. The van der Waals surface area contributed by atoms with Crippen LogP contribution in [0.25, 0.3) is 0 Å². The highest BCUT2D eigenvalue weighted by atomic mass is 17.1. The van der Waals surface area contributed by atoms with Gasteiger partial charge in [0.15, 0.2) is 0 Å². The molecule has 1 unspecified atom stereocenters. The Bertz CT molecular complexity index is 965. The van der Waals surface area contributed by atoms with Crippen LogP contribution < -0.4 is 31.9 Å². The van der Waals surface area contributed by atoms with E-state index in [-0.39, 0.29) is 74.8 Å². The lowest BCUT2D eigenvalue weighted by Gasteiger charge is -2.19. The van der Waals surface area contributed by atoms with Gasteiger partial charge in [-0.1, -0.05) is 12.8 Å². The zero-order valence-corrected chi connectivity index (χ0v) is 33.1. The molecule has 0 rings (SSSR count).